The van der Waals surface area contributed by atoms with Crippen molar-refractivity contribution in [3.63, 3.8) is 0 Å². The lowest BCUT2D eigenvalue weighted by atomic mass is 10.1. The summed E-state index contributed by atoms with van der Waals surface area (Å²) in [5.74, 6) is 0.0446. The van der Waals surface area contributed by atoms with E-state index in [0.717, 1.165) is 6.42 Å². The molecule has 0 spiro atoms. The van der Waals surface area contributed by atoms with E-state index in [2.05, 4.69) is 37.4 Å². The normalized spacial score (nSPS) is 23.6. The Hall–Kier alpha value is -1.56. The Labute approximate surface area is 139 Å². The van der Waals surface area contributed by atoms with Crippen LogP contribution in [0.15, 0.2) is 18.2 Å². The van der Waals surface area contributed by atoms with Crippen LogP contribution in [0, 0.1) is 13.8 Å². The van der Waals surface area contributed by atoms with Crippen LogP contribution in [-0.2, 0) is 16.3 Å². The van der Waals surface area contributed by atoms with E-state index in [9.17, 15) is 13.2 Å². The summed E-state index contributed by atoms with van der Waals surface area (Å²) in [6, 6.07) is 5.90. The number of rotatable bonds is 3. The molecule has 1 aromatic rings. The minimum absolute atomic E-state index is 0.0446. The molecule has 2 rings (SSSR count). The van der Waals surface area contributed by atoms with E-state index < -0.39 is 15.1 Å². The Bertz CT molecular complexity index is 665. The molecule has 1 fully saturated rings. The number of aryl methyl sites for hydroxylation is 2. The van der Waals surface area contributed by atoms with Crippen molar-refractivity contribution in [2.24, 2.45) is 0 Å². The number of hydrogen-bond donors (Lipinski definition) is 1. The smallest absolute Gasteiger partial charge is 0.317 e. The molecule has 1 N–H and O–H groups in total. The summed E-state index contributed by atoms with van der Waals surface area (Å²) in [6.07, 6.45) is 0.768. The van der Waals surface area contributed by atoms with Gasteiger partial charge in [0, 0.05) is 19.1 Å². The number of urea groups is 1. The van der Waals surface area contributed by atoms with Crippen LogP contribution in [-0.4, -0.2) is 49.5 Å². The largest absolute Gasteiger partial charge is 0.338 e. The van der Waals surface area contributed by atoms with Crippen molar-refractivity contribution in [3.8, 4) is 0 Å². The van der Waals surface area contributed by atoms with E-state index in [1.165, 1.54) is 16.7 Å². The molecule has 2 atom stereocenters. The number of amides is 2. The number of benzene rings is 1. The number of carbonyl (C=O) groups excluding carboxylic acids is 1. The van der Waals surface area contributed by atoms with Gasteiger partial charge in [0.05, 0.1) is 11.0 Å². The summed E-state index contributed by atoms with van der Waals surface area (Å²) in [4.78, 5) is 13.9. The van der Waals surface area contributed by atoms with Gasteiger partial charge in [-0.05, 0) is 39.7 Å². The Balaban J connectivity index is 1.90. The fraction of sp³-hybridized carbons (Fsp3) is 0.588. The second-order valence-corrected chi connectivity index (χ2v) is 8.96. The van der Waals surface area contributed by atoms with Crippen LogP contribution in [0.4, 0.5) is 4.79 Å². The molecule has 0 bridgehead atoms. The second kappa shape index (κ2) is 6.91. The highest BCUT2D eigenvalue weighted by Crippen LogP contribution is 2.19. The third-order valence-electron chi connectivity index (χ3n) is 4.59. The van der Waals surface area contributed by atoms with E-state index in [1.807, 2.05) is 0 Å². The average Bonchev–Trinajstić information content (AvgIpc) is 2.44. The molecule has 1 heterocycles. The summed E-state index contributed by atoms with van der Waals surface area (Å²) in [5.41, 5.74) is 3.63. The summed E-state index contributed by atoms with van der Waals surface area (Å²) < 4.78 is 23.7. The quantitative estimate of drug-likeness (QED) is 0.917. The van der Waals surface area contributed by atoms with Crippen LogP contribution in [0.1, 0.15) is 30.5 Å². The Morgan fingerprint density at radius 3 is 2.43 bits per heavy atom. The van der Waals surface area contributed by atoms with Gasteiger partial charge in [-0.25, -0.2) is 13.2 Å². The van der Waals surface area contributed by atoms with Crippen LogP contribution in [0.5, 0.6) is 0 Å². The standard InChI is InChI=1S/C17H26N2O3S/c1-12-9-13(2)11-16(10-12)5-6-18-17(20)19-7-8-23(21,22)15(4)14(19)3/h9-11,14-15H,5-8H2,1-4H3,(H,18,20)/t14-,15-/m1/s1. The van der Waals surface area contributed by atoms with Gasteiger partial charge in [0.2, 0.25) is 0 Å². The Morgan fingerprint density at radius 1 is 1.22 bits per heavy atom. The molecule has 0 unspecified atom stereocenters. The van der Waals surface area contributed by atoms with Crippen LogP contribution in [0.2, 0.25) is 0 Å². The lowest BCUT2D eigenvalue weighted by Crippen LogP contribution is -2.57. The van der Waals surface area contributed by atoms with Gasteiger partial charge in [-0.3, -0.25) is 0 Å². The number of carbonyl (C=O) groups is 1. The molecular weight excluding hydrogens is 312 g/mol. The third-order valence-corrected chi connectivity index (χ3v) is 6.86. The number of nitrogens with one attached hydrogen (secondary N) is 1. The van der Waals surface area contributed by atoms with Crippen molar-refractivity contribution in [1.82, 2.24) is 10.2 Å². The van der Waals surface area contributed by atoms with Gasteiger partial charge < -0.3 is 10.2 Å². The summed E-state index contributed by atoms with van der Waals surface area (Å²) in [6.45, 7) is 8.41. The zero-order valence-electron chi connectivity index (χ0n) is 14.3. The van der Waals surface area contributed by atoms with Crippen LogP contribution in [0.25, 0.3) is 0 Å². The van der Waals surface area contributed by atoms with Crippen molar-refractivity contribution in [3.05, 3.63) is 34.9 Å². The molecule has 1 aromatic carbocycles. The predicted molar refractivity (Wildman–Crippen MR) is 92.4 cm³/mol. The van der Waals surface area contributed by atoms with Crippen molar-refractivity contribution in [1.29, 1.82) is 0 Å². The molecule has 1 aliphatic heterocycles. The molecule has 0 aromatic heterocycles. The van der Waals surface area contributed by atoms with E-state index in [-0.39, 0.29) is 24.4 Å². The zero-order valence-corrected chi connectivity index (χ0v) is 15.1. The molecule has 6 heteroatoms. The topological polar surface area (TPSA) is 66.5 Å². The molecule has 128 valence electrons. The molecule has 0 saturated carbocycles. The van der Waals surface area contributed by atoms with Crippen LogP contribution >= 0.6 is 0 Å². The number of sulfone groups is 1. The minimum atomic E-state index is -3.07. The highest BCUT2D eigenvalue weighted by atomic mass is 32.2. The van der Waals surface area contributed by atoms with E-state index >= 15 is 0 Å². The summed E-state index contributed by atoms with van der Waals surface area (Å²) >= 11 is 0. The van der Waals surface area contributed by atoms with Crippen molar-refractivity contribution >= 4 is 15.9 Å². The van der Waals surface area contributed by atoms with E-state index in [0.29, 0.717) is 6.54 Å². The van der Waals surface area contributed by atoms with Crippen molar-refractivity contribution in [2.75, 3.05) is 18.8 Å². The fourth-order valence-corrected chi connectivity index (χ4v) is 4.65. The van der Waals surface area contributed by atoms with Gasteiger partial charge in [0.25, 0.3) is 0 Å². The highest BCUT2D eigenvalue weighted by Gasteiger charge is 2.37. The third kappa shape index (κ3) is 4.25. The first-order valence-electron chi connectivity index (χ1n) is 8.04. The molecule has 1 saturated heterocycles. The number of hydrogen-bond acceptors (Lipinski definition) is 3. The maximum atomic E-state index is 12.3. The fourth-order valence-electron chi connectivity index (χ4n) is 3.08. The zero-order chi connectivity index (χ0) is 17.2. The van der Waals surface area contributed by atoms with Crippen molar-refractivity contribution < 1.29 is 13.2 Å². The Kier molecular flexibility index (Phi) is 5.34. The molecule has 0 aliphatic carbocycles. The molecule has 1 aliphatic rings. The van der Waals surface area contributed by atoms with Crippen molar-refractivity contribution in [2.45, 2.75) is 45.4 Å². The molecule has 2 amide bonds. The van der Waals surface area contributed by atoms with Gasteiger partial charge in [0.1, 0.15) is 0 Å². The van der Waals surface area contributed by atoms with Gasteiger partial charge in [-0.2, -0.15) is 0 Å². The molecule has 0 radical (unpaired) electrons. The highest BCUT2D eigenvalue weighted by molar-refractivity contribution is 7.92. The second-order valence-electron chi connectivity index (χ2n) is 6.48. The van der Waals surface area contributed by atoms with Gasteiger partial charge >= 0.3 is 6.03 Å². The van der Waals surface area contributed by atoms with Gasteiger partial charge in [-0.15, -0.1) is 0 Å². The Morgan fingerprint density at radius 2 is 1.83 bits per heavy atom. The molecule has 5 nitrogen and oxygen atoms in total. The molecular formula is C17H26N2O3S. The summed E-state index contributed by atoms with van der Waals surface area (Å²) in [5, 5.41) is 2.40. The first-order valence-corrected chi connectivity index (χ1v) is 9.75. The first kappa shape index (κ1) is 17.8. The van der Waals surface area contributed by atoms with E-state index in [1.54, 1.807) is 18.7 Å². The SMILES string of the molecule is Cc1cc(C)cc(CCNC(=O)N2CCS(=O)(=O)[C@H](C)[C@H]2C)c1. The predicted octanol–water partition coefficient (Wildman–Crippen LogP) is 2.06. The lowest BCUT2D eigenvalue weighted by molar-refractivity contribution is 0.178. The first-order chi connectivity index (χ1) is 10.7. The molecule has 23 heavy (non-hydrogen) atoms. The maximum absolute atomic E-state index is 12.3. The van der Waals surface area contributed by atoms with Gasteiger partial charge in [-0.1, -0.05) is 29.3 Å². The maximum Gasteiger partial charge on any atom is 0.317 e. The van der Waals surface area contributed by atoms with Gasteiger partial charge in [0.15, 0.2) is 9.84 Å². The summed E-state index contributed by atoms with van der Waals surface area (Å²) in [7, 11) is -3.07. The van der Waals surface area contributed by atoms with Crippen LogP contribution < -0.4 is 5.32 Å². The monoisotopic (exact) mass is 338 g/mol. The minimum Gasteiger partial charge on any atom is -0.338 e. The average molecular weight is 338 g/mol. The number of nitrogens with zero attached hydrogens (tertiary/aromatic N) is 1. The lowest BCUT2D eigenvalue weighted by Gasteiger charge is -2.37. The van der Waals surface area contributed by atoms with E-state index in [4.69, 9.17) is 0 Å². The van der Waals surface area contributed by atoms with Crippen LogP contribution in [0.3, 0.4) is 0 Å².